The van der Waals surface area contributed by atoms with Crippen LogP contribution in [-0.2, 0) is 17.9 Å². The summed E-state index contributed by atoms with van der Waals surface area (Å²) in [6.45, 7) is 7.75. The van der Waals surface area contributed by atoms with E-state index in [0.29, 0.717) is 19.0 Å². The summed E-state index contributed by atoms with van der Waals surface area (Å²) >= 11 is 0. The number of carbonyl (C=O) groups is 1. The zero-order valence-electron chi connectivity index (χ0n) is 18.1. The van der Waals surface area contributed by atoms with Crippen molar-refractivity contribution in [3.8, 4) is 0 Å². The van der Waals surface area contributed by atoms with Gasteiger partial charge in [0.25, 0.3) is 0 Å². The lowest BCUT2D eigenvalue weighted by Crippen LogP contribution is -2.62. The molecule has 2 aromatic rings. The van der Waals surface area contributed by atoms with E-state index in [1.807, 2.05) is 36.4 Å². The van der Waals surface area contributed by atoms with Crippen LogP contribution in [0.2, 0.25) is 0 Å². The molecule has 0 amide bonds. The predicted molar refractivity (Wildman–Crippen MR) is 118 cm³/mol. The zero-order valence-corrected chi connectivity index (χ0v) is 18.1. The average molecular weight is 394 g/mol. The second kappa shape index (κ2) is 9.58. The van der Waals surface area contributed by atoms with Crippen LogP contribution in [0.3, 0.4) is 0 Å². The molecule has 1 saturated carbocycles. The third-order valence-corrected chi connectivity index (χ3v) is 6.74. The number of rotatable bonds is 8. The Morgan fingerprint density at radius 1 is 1.00 bits per heavy atom. The largest absolute Gasteiger partial charge is 0.480 e. The average Bonchev–Trinajstić information content (AvgIpc) is 2.69. The molecule has 156 valence electrons. The number of hydrogen-bond donors (Lipinski definition) is 1. The van der Waals surface area contributed by atoms with E-state index in [1.54, 1.807) is 0 Å². The Morgan fingerprint density at radius 2 is 1.52 bits per heavy atom. The van der Waals surface area contributed by atoms with Gasteiger partial charge in [0, 0.05) is 13.1 Å². The van der Waals surface area contributed by atoms with Crippen LogP contribution in [0.4, 0.5) is 0 Å². The summed E-state index contributed by atoms with van der Waals surface area (Å²) in [5.41, 5.74) is 1.46. The molecule has 3 atom stereocenters. The minimum Gasteiger partial charge on any atom is -0.480 e. The molecular formula is C26H35NO2. The quantitative estimate of drug-likeness (QED) is 0.598. The van der Waals surface area contributed by atoms with Crippen LogP contribution in [-0.4, -0.2) is 21.5 Å². The van der Waals surface area contributed by atoms with E-state index in [-0.39, 0.29) is 11.8 Å². The Labute approximate surface area is 175 Å². The molecule has 1 N–H and O–H groups in total. The van der Waals surface area contributed by atoms with E-state index < -0.39 is 11.5 Å². The number of carboxylic acid groups (broad SMARTS) is 1. The van der Waals surface area contributed by atoms with Crippen molar-refractivity contribution in [3.05, 3.63) is 71.8 Å². The molecule has 0 aliphatic heterocycles. The lowest BCUT2D eigenvalue weighted by molar-refractivity contribution is -0.165. The topological polar surface area (TPSA) is 40.5 Å². The minimum absolute atomic E-state index is 0.0164. The molecule has 29 heavy (non-hydrogen) atoms. The van der Waals surface area contributed by atoms with Crippen molar-refractivity contribution in [1.82, 2.24) is 4.90 Å². The summed E-state index contributed by atoms with van der Waals surface area (Å²) in [6, 6.07) is 20.6. The lowest BCUT2D eigenvalue weighted by Gasteiger charge is -2.50. The lowest BCUT2D eigenvalue weighted by atomic mass is 9.65. The van der Waals surface area contributed by atoms with Gasteiger partial charge >= 0.3 is 5.97 Å². The van der Waals surface area contributed by atoms with Gasteiger partial charge < -0.3 is 5.11 Å². The molecule has 0 aromatic heterocycles. The predicted octanol–water partition coefficient (Wildman–Crippen LogP) is 5.99. The molecule has 2 unspecified atom stereocenters. The van der Waals surface area contributed by atoms with Crippen LogP contribution in [0.1, 0.15) is 57.6 Å². The van der Waals surface area contributed by atoms with Crippen molar-refractivity contribution in [1.29, 1.82) is 0 Å². The first-order valence-corrected chi connectivity index (χ1v) is 11.0. The van der Waals surface area contributed by atoms with Gasteiger partial charge in [-0.2, -0.15) is 0 Å². The van der Waals surface area contributed by atoms with Crippen LogP contribution in [0.25, 0.3) is 0 Å². The molecule has 3 rings (SSSR count). The fourth-order valence-corrected chi connectivity index (χ4v) is 5.41. The first kappa shape index (κ1) is 21.6. The zero-order chi connectivity index (χ0) is 20.9. The molecule has 3 nitrogen and oxygen atoms in total. The second-order valence-corrected chi connectivity index (χ2v) is 9.08. The molecule has 2 aromatic carbocycles. The highest BCUT2D eigenvalue weighted by Gasteiger charge is 2.53. The highest BCUT2D eigenvalue weighted by atomic mass is 16.4. The van der Waals surface area contributed by atoms with Gasteiger partial charge in [-0.15, -0.1) is 0 Å². The molecule has 0 saturated heterocycles. The van der Waals surface area contributed by atoms with Crippen molar-refractivity contribution in [2.45, 2.75) is 65.1 Å². The van der Waals surface area contributed by atoms with Crippen molar-refractivity contribution in [2.75, 3.05) is 0 Å². The van der Waals surface area contributed by atoms with Gasteiger partial charge in [0.1, 0.15) is 5.54 Å². The molecule has 0 spiro atoms. The third-order valence-electron chi connectivity index (χ3n) is 6.74. The van der Waals surface area contributed by atoms with Crippen LogP contribution in [0, 0.1) is 17.8 Å². The van der Waals surface area contributed by atoms with E-state index in [1.165, 1.54) is 17.5 Å². The van der Waals surface area contributed by atoms with Gasteiger partial charge in [0.2, 0.25) is 0 Å². The summed E-state index contributed by atoms with van der Waals surface area (Å²) in [7, 11) is 0. The molecule has 3 heteroatoms. The Kier molecular flexibility index (Phi) is 7.13. The summed E-state index contributed by atoms with van der Waals surface area (Å²) in [5, 5.41) is 10.7. The fraction of sp³-hybridized carbons (Fsp3) is 0.500. The van der Waals surface area contributed by atoms with Crippen LogP contribution >= 0.6 is 0 Å². The van der Waals surface area contributed by atoms with Crippen LogP contribution in [0.15, 0.2) is 60.7 Å². The first-order chi connectivity index (χ1) is 13.9. The number of carboxylic acids is 1. The molecule has 0 heterocycles. The maximum atomic E-state index is 13.0. The maximum absolute atomic E-state index is 13.0. The van der Waals surface area contributed by atoms with Gasteiger partial charge in [-0.3, -0.25) is 9.69 Å². The highest BCUT2D eigenvalue weighted by Crippen LogP contribution is 2.44. The van der Waals surface area contributed by atoms with Crippen LogP contribution < -0.4 is 0 Å². The molecular weight excluding hydrogens is 358 g/mol. The van der Waals surface area contributed by atoms with E-state index >= 15 is 0 Å². The van der Waals surface area contributed by atoms with Gasteiger partial charge in [-0.1, -0.05) is 94.3 Å². The van der Waals surface area contributed by atoms with E-state index in [2.05, 4.69) is 49.9 Å². The molecule has 0 radical (unpaired) electrons. The number of nitrogens with zero attached hydrogens (tertiary/aromatic N) is 1. The molecule has 1 fully saturated rings. The normalized spacial score (nSPS) is 21.8. The van der Waals surface area contributed by atoms with E-state index in [4.69, 9.17) is 0 Å². The SMILES string of the molecule is CC1CCCC([C@](C(=O)O)(C(C)C)N(Cc2ccccc2)Cc2ccccc2)C1. The molecule has 1 aliphatic carbocycles. The van der Waals surface area contributed by atoms with E-state index in [9.17, 15) is 9.90 Å². The van der Waals surface area contributed by atoms with Crippen molar-refractivity contribution in [3.63, 3.8) is 0 Å². The Balaban J connectivity index is 2.06. The second-order valence-electron chi connectivity index (χ2n) is 9.08. The highest BCUT2D eigenvalue weighted by molar-refractivity contribution is 5.80. The van der Waals surface area contributed by atoms with Gasteiger partial charge in [0.05, 0.1) is 0 Å². The molecule has 1 aliphatic rings. The van der Waals surface area contributed by atoms with Crippen molar-refractivity contribution in [2.24, 2.45) is 17.8 Å². The summed E-state index contributed by atoms with van der Waals surface area (Å²) < 4.78 is 0. The van der Waals surface area contributed by atoms with Crippen molar-refractivity contribution >= 4 is 5.97 Å². The van der Waals surface area contributed by atoms with Crippen molar-refractivity contribution < 1.29 is 9.90 Å². The minimum atomic E-state index is -0.875. The summed E-state index contributed by atoms with van der Waals surface area (Å²) in [4.78, 5) is 15.3. The van der Waals surface area contributed by atoms with Gasteiger partial charge in [-0.25, -0.2) is 0 Å². The van der Waals surface area contributed by atoms with Crippen LogP contribution in [0.5, 0.6) is 0 Å². The Bertz CT molecular complexity index is 732. The number of aliphatic carboxylic acids is 1. The first-order valence-electron chi connectivity index (χ1n) is 11.0. The smallest absolute Gasteiger partial charge is 0.324 e. The number of benzene rings is 2. The van der Waals surface area contributed by atoms with Gasteiger partial charge in [-0.05, 0) is 41.7 Å². The van der Waals surface area contributed by atoms with E-state index in [0.717, 1.165) is 19.3 Å². The monoisotopic (exact) mass is 393 g/mol. The standard InChI is InChI=1S/C26H35NO2/c1-20(2)26(25(28)29,24-16-10-11-21(3)17-24)27(18-22-12-6-4-7-13-22)19-23-14-8-5-9-15-23/h4-9,12-15,20-21,24H,10-11,16-19H2,1-3H3,(H,28,29)/t21?,24?,26-/m0/s1. The third kappa shape index (κ3) is 4.72. The Morgan fingerprint density at radius 3 is 1.93 bits per heavy atom. The summed E-state index contributed by atoms with van der Waals surface area (Å²) in [6.07, 6.45) is 4.32. The van der Waals surface area contributed by atoms with Gasteiger partial charge in [0.15, 0.2) is 0 Å². The summed E-state index contributed by atoms with van der Waals surface area (Å²) in [5.74, 6) is 0.0962. The Hall–Kier alpha value is -2.13. The number of hydrogen-bond acceptors (Lipinski definition) is 2. The molecule has 0 bridgehead atoms. The maximum Gasteiger partial charge on any atom is 0.324 e. The fourth-order valence-electron chi connectivity index (χ4n) is 5.41.